The van der Waals surface area contributed by atoms with Gasteiger partial charge < -0.3 is 9.47 Å². The van der Waals surface area contributed by atoms with E-state index in [9.17, 15) is 13.6 Å². The van der Waals surface area contributed by atoms with E-state index in [4.69, 9.17) is 4.74 Å². The van der Waals surface area contributed by atoms with Crippen LogP contribution in [0.3, 0.4) is 0 Å². The van der Waals surface area contributed by atoms with Crippen molar-refractivity contribution in [1.29, 1.82) is 0 Å². The first kappa shape index (κ1) is 15.9. The molecule has 0 saturated heterocycles. The zero-order valence-corrected chi connectivity index (χ0v) is 12.7. The second-order valence-corrected chi connectivity index (χ2v) is 5.07. The molecule has 0 radical (unpaired) electrons. The van der Waals surface area contributed by atoms with Gasteiger partial charge in [0.2, 0.25) is 5.90 Å². The highest BCUT2D eigenvalue weighted by Gasteiger charge is 2.27. The molecule has 0 spiro atoms. The average Bonchev–Trinajstić information content (AvgIpc) is 2.90. The van der Waals surface area contributed by atoms with Gasteiger partial charge in [-0.3, -0.25) is 0 Å². The van der Waals surface area contributed by atoms with Crippen LogP contribution in [0.15, 0.2) is 59.2 Å². The average molecular weight is 329 g/mol. The van der Waals surface area contributed by atoms with E-state index in [0.29, 0.717) is 0 Å². The van der Waals surface area contributed by atoms with Gasteiger partial charge in [0.25, 0.3) is 0 Å². The van der Waals surface area contributed by atoms with E-state index in [1.807, 2.05) is 31.2 Å². The van der Waals surface area contributed by atoms with Crippen LogP contribution in [0.5, 0.6) is 5.75 Å². The minimum atomic E-state index is -2.98. The number of hydrogen-bond acceptors (Lipinski definition) is 4. The number of hydrogen-bond donors (Lipinski definition) is 0. The van der Waals surface area contributed by atoms with Crippen LogP contribution in [-0.2, 0) is 9.53 Å². The number of aliphatic imine (C=N–C) groups is 1. The Bertz CT molecular complexity index is 844. The zero-order valence-electron chi connectivity index (χ0n) is 12.7. The fourth-order valence-corrected chi connectivity index (χ4v) is 2.26. The van der Waals surface area contributed by atoms with Gasteiger partial charge >= 0.3 is 12.6 Å². The Kier molecular flexibility index (Phi) is 4.37. The van der Waals surface area contributed by atoms with Crippen LogP contribution < -0.4 is 4.74 Å². The van der Waals surface area contributed by atoms with Gasteiger partial charge in [-0.2, -0.15) is 8.78 Å². The van der Waals surface area contributed by atoms with Crippen molar-refractivity contribution >= 4 is 17.9 Å². The Morgan fingerprint density at radius 2 is 1.83 bits per heavy atom. The number of benzene rings is 2. The molecule has 0 saturated carbocycles. The first-order valence-corrected chi connectivity index (χ1v) is 7.17. The number of para-hydroxylation sites is 1. The van der Waals surface area contributed by atoms with Gasteiger partial charge in [-0.05, 0) is 36.3 Å². The van der Waals surface area contributed by atoms with Gasteiger partial charge in [0, 0.05) is 0 Å². The highest BCUT2D eigenvalue weighted by atomic mass is 19.3. The number of rotatable bonds is 4. The summed E-state index contributed by atoms with van der Waals surface area (Å²) < 4.78 is 34.5. The SMILES string of the molecule is Cc1ccccc1/C=C1\N=C(c2ccccc2OC(F)F)OC1=O. The summed E-state index contributed by atoms with van der Waals surface area (Å²) in [5, 5.41) is 0. The highest BCUT2D eigenvalue weighted by molar-refractivity contribution is 6.13. The van der Waals surface area contributed by atoms with Crippen molar-refractivity contribution in [3.8, 4) is 5.75 Å². The first-order valence-electron chi connectivity index (χ1n) is 7.17. The molecule has 2 aromatic carbocycles. The monoisotopic (exact) mass is 329 g/mol. The minimum absolute atomic E-state index is 0.0592. The number of ether oxygens (including phenoxy) is 2. The standard InChI is InChI=1S/C18H13F2NO3/c1-11-6-2-3-7-12(11)10-14-17(22)24-16(21-14)13-8-4-5-9-15(13)23-18(19)20/h2-10,18H,1H3/b14-10-. The highest BCUT2D eigenvalue weighted by Crippen LogP contribution is 2.26. The molecule has 1 aliphatic rings. The molecular formula is C18H13F2NO3. The third kappa shape index (κ3) is 3.32. The first-order chi connectivity index (χ1) is 11.5. The molecule has 1 aliphatic heterocycles. The Labute approximate surface area is 137 Å². The van der Waals surface area contributed by atoms with Gasteiger partial charge in [-0.1, -0.05) is 36.4 Å². The molecule has 24 heavy (non-hydrogen) atoms. The van der Waals surface area contributed by atoms with Crippen LogP contribution in [0.4, 0.5) is 8.78 Å². The van der Waals surface area contributed by atoms with Crippen LogP contribution in [-0.4, -0.2) is 18.5 Å². The third-order valence-electron chi connectivity index (χ3n) is 3.43. The second kappa shape index (κ2) is 6.62. The van der Waals surface area contributed by atoms with Gasteiger partial charge in [0.1, 0.15) is 5.75 Å². The zero-order chi connectivity index (χ0) is 17.1. The number of alkyl halides is 2. The summed E-state index contributed by atoms with van der Waals surface area (Å²) in [6.07, 6.45) is 1.60. The van der Waals surface area contributed by atoms with Gasteiger partial charge in [-0.25, -0.2) is 9.79 Å². The molecule has 0 aliphatic carbocycles. The molecule has 0 fully saturated rings. The third-order valence-corrected chi connectivity index (χ3v) is 3.43. The maximum absolute atomic E-state index is 12.5. The second-order valence-electron chi connectivity index (χ2n) is 5.07. The topological polar surface area (TPSA) is 47.9 Å². The molecule has 0 N–H and O–H groups in total. The van der Waals surface area contributed by atoms with E-state index in [1.165, 1.54) is 12.1 Å². The summed E-state index contributed by atoms with van der Waals surface area (Å²) >= 11 is 0. The number of nitrogens with zero attached hydrogens (tertiary/aromatic N) is 1. The van der Waals surface area contributed by atoms with Crippen molar-refractivity contribution in [3.05, 3.63) is 70.9 Å². The molecule has 6 heteroatoms. The van der Waals surface area contributed by atoms with E-state index in [-0.39, 0.29) is 22.9 Å². The lowest BCUT2D eigenvalue weighted by Gasteiger charge is -2.08. The van der Waals surface area contributed by atoms with E-state index >= 15 is 0 Å². The lowest BCUT2D eigenvalue weighted by Crippen LogP contribution is -2.10. The van der Waals surface area contributed by atoms with Crippen molar-refractivity contribution in [2.45, 2.75) is 13.5 Å². The number of cyclic esters (lactones) is 1. The summed E-state index contributed by atoms with van der Waals surface area (Å²) in [5.41, 5.74) is 2.10. The molecule has 3 rings (SSSR count). The van der Waals surface area contributed by atoms with Crippen LogP contribution in [0.1, 0.15) is 16.7 Å². The van der Waals surface area contributed by atoms with Crippen molar-refractivity contribution in [2.75, 3.05) is 0 Å². The van der Waals surface area contributed by atoms with Crippen LogP contribution in [0, 0.1) is 6.92 Å². The van der Waals surface area contributed by atoms with E-state index in [0.717, 1.165) is 11.1 Å². The smallest absolute Gasteiger partial charge is 0.387 e. The molecule has 0 bridgehead atoms. The summed E-state index contributed by atoms with van der Waals surface area (Å²) in [7, 11) is 0. The molecule has 0 aromatic heterocycles. The predicted octanol–water partition coefficient (Wildman–Crippen LogP) is 3.94. The lowest BCUT2D eigenvalue weighted by atomic mass is 10.1. The van der Waals surface area contributed by atoms with Crippen molar-refractivity contribution in [3.63, 3.8) is 0 Å². The molecule has 0 atom stereocenters. The summed E-state index contributed by atoms with van der Waals surface area (Å²) in [6, 6.07) is 13.5. The Balaban J connectivity index is 1.97. The summed E-state index contributed by atoms with van der Waals surface area (Å²) in [5.74, 6) is -0.799. The molecule has 4 nitrogen and oxygen atoms in total. The fourth-order valence-electron chi connectivity index (χ4n) is 2.26. The molecular weight excluding hydrogens is 316 g/mol. The van der Waals surface area contributed by atoms with Crippen LogP contribution >= 0.6 is 0 Å². The minimum Gasteiger partial charge on any atom is -0.434 e. The molecule has 0 amide bonds. The molecule has 2 aromatic rings. The van der Waals surface area contributed by atoms with Crippen molar-refractivity contribution in [2.24, 2.45) is 4.99 Å². The normalized spacial score (nSPS) is 15.6. The Morgan fingerprint density at radius 3 is 2.58 bits per heavy atom. The maximum atomic E-state index is 12.5. The Hall–Kier alpha value is -3.02. The number of carbonyl (C=O) groups excluding carboxylic acids is 1. The van der Waals surface area contributed by atoms with E-state index in [2.05, 4.69) is 9.73 Å². The summed E-state index contributed by atoms with van der Waals surface area (Å²) in [4.78, 5) is 16.1. The summed E-state index contributed by atoms with van der Waals surface area (Å²) in [6.45, 7) is -1.07. The lowest BCUT2D eigenvalue weighted by molar-refractivity contribution is -0.129. The number of halogens is 2. The number of aryl methyl sites for hydroxylation is 1. The van der Waals surface area contributed by atoms with Gasteiger partial charge in [0.05, 0.1) is 5.56 Å². The molecule has 122 valence electrons. The fraction of sp³-hybridized carbons (Fsp3) is 0.111. The van der Waals surface area contributed by atoms with Gasteiger partial charge in [0.15, 0.2) is 5.70 Å². The largest absolute Gasteiger partial charge is 0.434 e. The van der Waals surface area contributed by atoms with Crippen molar-refractivity contribution < 1.29 is 23.0 Å². The van der Waals surface area contributed by atoms with Crippen LogP contribution in [0.2, 0.25) is 0 Å². The number of esters is 1. The van der Waals surface area contributed by atoms with Gasteiger partial charge in [-0.15, -0.1) is 0 Å². The van der Waals surface area contributed by atoms with Crippen LogP contribution in [0.25, 0.3) is 6.08 Å². The quantitative estimate of drug-likeness (QED) is 0.630. The van der Waals surface area contributed by atoms with E-state index < -0.39 is 12.6 Å². The van der Waals surface area contributed by atoms with Crippen molar-refractivity contribution in [1.82, 2.24) is 0 Å². The maximum Gasteiger partial charge on any atom is 0.387 e. The number of carbonyl (C=O) groups is 1. The molecule has 0 unspecified atom stereocenters. The predicted molar refractivity (Wildman–Crippen MR) is 84.9 cm³/mol. The van der Waals surface area contributed by atoms with E-state index in [1.54, 1.807) is 18.2 Å². The molecule has 1 heterocycles. The Morgan fingerprint density at radius 1 is 1.12 bits per heavy atom.